The van der Waals surface area contributed by atoms with Crippen molar-refractivity contribution in [3.63, 3.8) is 0 Å². The minimum atomic E-state index is 0.236. The molecule has 0 radical (unpaired) electrons. The molecule has 4 aliphatic rings. The van der Waals surface area contributed by atoms with Gasteiger partial charge in [0, 0.05) is 9.50 Å². The van der Waals surface area contributed by atoms with Crippen LogP contribution in [0.4, 0.5) is 0 Å². The van der Waals surface area contributed by atoms with Crippen LogP contribution in [0.25, 0.3) is 5.57 Å². The number of benzene rings is 1. The van der Waals surface area contributed by atoms with Crippen LogP contribution < -0.4 is 0 Å². The summed E-state index contributed by atoms with van der Waals surface area (Å²) in [5.74, 6) is 2.01. The summed E-state index contributed by atoms with van der Waals surface area (Å²) in [4.78, 5) is 0. The largest absolute Gasteiger partial charge is 0.0757 e. The van der Waals surface area contributed by atoms with Gasteiger partial charge in [0.05, 0.1) is 0 Å². The minimum Gasteiger partial charge on any atom is -0.0757 e. The van der Waals surface area contributed by atoms with Crippen molar-refractivity contribution in [3.05, 3.63) is 74.4 Å². The monoisotopic (exact) mass is 454 g/mol. The van der Waals surface area contributed by atoms with Crippen LogP contribution in [-0.4, -0.2) is 0 Å². The van der Waals surface area contributed by atoms with Crippen LogP contribution in [0.5, 0.6) is 0 Å². The van der Waals surface area contributed by atoms with E-state index in [4.69, 9.17) is 0 Å². The zero-order valence-electron chi connectivity index (χ0n) is 15.8. The molecule has 26 heavy (non-hydrogen) atoms. The molecule has 1 aromatic rings. The van der Waals surface area contributed by atoms with Gasteiger partial charge in [0.15, 0.2) is 0 Å². The summed E-state index contributed by atoms with van der Waals surface area (Å²) in [5, 5.41) is 0. The van der Waals surface area contributed by atoms with E-state index in [1.165, 1.54) is 46.8 Å². The highest BCUT2D eigenvalue weighted by Crippen LogP contribution is 2.56. The molecule has 1 heteroatoms. The van der Waals surface area contributed by atoms with E-state index < -0.39 is 0 Å². The summed E-state index contributed by atoms with van der Waals surface area (Å²) in [7, 11) is 0. The Morgan fingerprint density at radius 2 is 1.92 bits per heavy atom. The number of halogens is 1. The average Bonchev–Trinajstić information content (AvgIpc) is 2.90. The molecule has 5 rings (SSSR count). The lowest BCUT2D eigenvalue weighted by atomic mass is 9.66. The molecule has 0 bridgehead atoms. The molecular weight excluding hydrogens is 427 g/mol. The topological polar surface area (TPSA) is 0 Å². The summed E-state index contributed by atoms with van der Waals surface area (Å²) < 4.78 is 1.52. The van der Waals surface area contributed by atoms with E-state index >= 15 is 0 Å². The standard InChI is InChI=1S/C25H27I/c1-25(2)22-10-6-5-8-19(22)20-12-11-16(15-23(20)25)17-13-14-24(26)21-9-4-3-7-18(17)21/h5-6,8,10-14,17-18,23H,3-4,7,9,15H2,1-2H3/t17?,18-,23?/m1/s1. The molecule has 0 aliphatic heterocycles. The van der Waals surface area contributed by atoms with Crippen LogP contribution in [0.2, 0.25) is 0 Å². The first-order chi connectivity index (χ1) is 12.6. The van der Waals surface area contributed by atoms with Crippen LogP contribution in [0, 0.1) is 17.8 Å². The van der Waals surface area contributed by atoms with E-state index in [-0.39, 0.29) is 5.41 Å². The number of fused-ring (bicyclic) bond motifs is 4. The summed E-state index contributed by atoms with van der Waals surface area (Å²) in [6, 6.07) is 9.08. The van der Waals surface area contributed by atoms with Gasteiger partial charge in [-0.3, -0.25) is 0 Å². The highest BCUT2D eigenvalue weighted by molar-refractivity contribution is 14.1. The van der Waals surface area contributed by atoms with Crippen molar-refractivity contribution in [2.24, 2.45) is 17.8 Å². The third-order valence-electron chi connectivity index (χ3n) is 7.37. The number of hydrogen-bond acceptors (Lipinski definition) is 0. The van der Waals surface area contributed by atoms with Gasteiger partial charge >= 0.3 is 0 Å². The average molecular weight is 454 g/mol. The first-order valence-corrected chi connectivity index (χ1v) is 11.2. The fourth-order valence-electron chi connectivity index (χ4n) is 5.92. The van der Waals surface area contributed by atoms with E-state index in [2.05, 4.69) is 85.0 Å². The maximum atomic E-state index is 2.56. The second kappa shape index (κ2) is 6.22. The third-order valence-corrected chi connectivity index (χ3v) is 8.43. The molecule has 134 valence electrons. The summed E-state index contributed by atoms with van der Waals surface area (Å²) in [6.07, 6.45) is 16.5. The van der Waals surface area contributed by atoms with Crippen molar-refractivity contribution in [2.45, 2.75) is 51.4 Å². The fourth-order valence-corrected chi connectivity index (χ4v) is 6.80. The van der Waals surface area contributed by atoms with Gasteiger partial charge in [-0.15, -0.1) is 0 Å². The number of allylic oxidation sites excluding steroid dienone is 8. The van der Waals surface area contributed by atoms with E-state index in [0.29, 0.717) is 11.8 Å². The van der Waals surface area contributed by atoms with Gasteiger partial charge < -0.3 is 0 Å². The number of rotatable bonds is 1. The zero-order chi connectivity index (χ0) is 17.9. The number of hydrogen-bond donors (Lipinski definition) is 0. The van der Waals surface area contributed by atoms with Crippen LogP contribution in [0.1, 0.15) is 57.1 Å². The van der Waals surface area contributed by atoms with Crippen molar-refractivity contribution >= 4 is 28.2 Å². The Kier molecular flexibility index (Phi) is 4.08. The van der Waals surface area contributed by atoms with Gasteiger partial charge in [0.25, 0.3) is 0 Å². The molecule has 0 amide bonds. The van der Waals surface area contributed by atoms with Gasteiger partial charge in [-0.05, 0) is 82.2 Å². The molecule has 0 spiro atoms. The van der Waals surface area contributed by atoms with E-state index in [9.17, 15) is 0 Å². The molecule has 0 N–H and O–H groups in total. The third kappa shape index (κ3) is 2.46. The van der Waals surface area contributed by atoms with Gasteiger partial charge in [-0.25, -0.2) is 0 Å². The first kappa shape index (κ1) is 17.0. The molecule has 0 heterocycles. The Morgan fingerprint density at radius 1 is 1.08 bits per heavy atom. The van der Waals surface area contributed by atoms with E-state index in [1.807, 2.05) is 0 Å². The van der Waals surface area contributed by atoms with Crippen molar-refractivity contribution in [3.8, 4) is 0 Å². The van der Waals surface area contributed by atoms with Crippen molar-refractivity contribution in [2.75, 3.05) is 0 Å². The lowest BCUT2D eigenvalue weighted by molar-refractivity contribution is 0.356. The molecule has 4 aliphatic carbocycles. The van der Waals surface area contributed by atoms with Crippen LogP contribution in [0.3, 0.4) is 0 Å². The van der Waals surface area contributed by atoms with E-state index in [1.54, 1.807) is 16.7 Å². The van der Waals surface area contributed by atoms with Crippen LogP contribution in [-0.2, 0) is 5.41 Å². The van der Waals surface area contributed by atoms with Gasteiger partial charge in [-0.1, -0.05) is 80.0 Å². The van der Waals surface area contributed by atoms with Gasteiger partial charge in [0.2, 0.25) is 0 Å². The lowest BCUT2D eigenvalue weighted by Crippen LogP contribution is -2.29. The molecule has 0 saturated heterocycles. The van der Waals surface area contributed by atoms with Crippen LogP contribution >= 0.6 is 22.6 Å². The van der Waals surface area contributed by atoms with Crippen molar-refractivity contribution < 1.29 is 0 Å². The minimum absolute atomic E-state index is 0.236. The quantitative estimate of drug-likeness (QED) is 0.389. The molecular formula is C25H27I. The summed E-state index contributed by atoms with van der Waals surface area (Å²) >= 11 is 2.56. The Labute approximate surface area is 171 Å². The second-order valence-electron chi connectivity index (χ2n) is 9.00. The maximum absolute atomic E-state index is 2.56. The molecule has 1 fully saturated rings. The molecule has 0 aromatic heterocycles. The fraction of sp³-hybridized carbons (Fsp3) is 0.440. The SMILES string of the molecule is CC1(C)c2ccccc2C2=CC=C(C3C=CC(I)=C4CCCC[C@@H]43)CC21. The van der Waals surface area contributed by atoms with Crippen LogP contribution in [0.15, 0.2) is 63.3 Å². The van der Waals surface area contributed by atoms with E-state index in [0.717, 1.165) is 5.92 Å². The molecule has 1 saturated carbocycles. The Hall–Kier alpha value is -1.09. The molecule has 0 nitrogen and oxygen atoms in total. The lowest BCUT2D eigenvalue weighted by Gasteiger charge is -2.39. The Balaban J connectivity index is 1.52. The Morgan fingerprint density at radius 3 is 2.81 bits per heavy atom. The predicted molar refractivity (Wildman–Crippen MR) is 119 cm³/mol. The zero-order valence-corrected chi connectivity index (χ0v) is 17.9. The first-order valence-electron chi connectivity index (χ1n) is 10.1. The molecule has 1 aromatic carbocycles. The maximum Gasteiger partial charge on any atom is 0.0122 e. The van der Waals surface area contributed by atoms with Crippen molar-refractivity contribution in [1.82, 2.24) is 0 Å². The summed E-state index contributed by atoms with van der Waals surface area (Å²) in [6.45, 7) is 4.90. The second-order valence-corrected chi connectivity index (χ2v) is 10.2. The van der Waals surface area contributed by atoms with Crippen molar-refractivity contribution in [1.29, 1.82) is 0 Å². The highest BCUT2D eigenvalue weighted by Gasteiger charge is 2.45. The smallest absolute Gasteiger partial charge is 0.0122 e. The normalized spacial score (nSPS) is 31.7. The Bertz CT molecular complexity index is 877. The molecule has 3 atom stereocenters. The van der Waals surface area contributed by atoms with Gasteiger partial charge in [0.1, 0.15) is 0 Å². The summed E-state index contributed by atoms with van der Waals surface area (Å²) in [5.41, 5.74) is 8.25. The molecule has 2 unspecified atom stereocenters. The van der Waals surface area contributed by atoms with Gasteiger partial charge in [-0.2, -0.15) is 0 Å². The highest BCUT2D eigenvalue weighted by atomic mass is 127. The predicted octanol–water partition coefficient (Wildman–Crippen LogP) is 7.37.